The minimum Gasteiger partial charge on any atom is -0.507 e. The second kappa shape index (κ2) is 9.98. The number of hydrogen-bond donors (Lipinski definition) is 2. The molecule has 2 N–H and O–H groups in total. The lowest BCUT2D eigenvalue weighted by Gasteiger charge is -2.13. The Balaban J connectivity index is 1.46. The van der Waals surface area contributed by atoms with Gasteiger partial charge in [-0.2, -0.15) is 0 Å². The quantitative estimate of drug-likeness (QED) is 0.312. The van der Waals surface area contributed by atoms with E-state index in [0.717, 1.165) is 17.0 Å². The van der Waals surface area contributed by atoms with Crippen LogP contribution in [0.2, 0.25) is 10.0 Å². The van der Waals surface area contributed by atoms with Gasteiger partial charge in [-0.3, -0.25) is 4.79 Å². The summed E-state index contributed by atoms with van der Waals surface area (Å²) in [5.74, 6) is 0.986. The van der Waals surface area contributed by atoms with E-state index in [1.165, 1.54) is 18.2 Å². The van der Waals surface area contributed by atoms with Crippen LogP contribution in [0.15, 0.2) is 71.1 Å². The fourth-order valence-electron chi connectivity index (χ4n) is 3.23. The Morgan fingerprint density at radius 3 is 2.58 bits per heavy atom. The third-order valence-electron chi connectivity index (χ3n) is 4.90. The number of nitrogens with one attached hydrogen (secondary N) is 1. The molecule has 1 heterocycles. The number of aromatic hydroxyl groups is 1. The first-order valence-electron chi connectivity index (χ1n) is 10.1. The maximum absolute atomic E-state index is 12.7. The predicted octanol–water partition coefficient (Wildman–Crippen LogP) is 6.54. The molecule has 4 rings (SSSR count). The molecule has 0 atom stereocenters. The number of oxazole rings is 1. The number of aromatic nitrogens is 1. The summed E-state index contributed by atoms with van der Waals surface area (Å²) >= 11 is 12.1. The second-order valence-corrected chi connectivity index (χ2v) is 8.12. The van der Waals surface area contributed by atoms with E-state index in [1.54, 1.807) is 18.2 Å². The van der Waals surface area contributed by atoms with E-state index < -0.39 is 5.91 Å². The highest BCUT2D eigenvalue weighted by molar-refractivity contribution is 6.31. The Kier molecular flexibility index (Phi) is 6.87. The highest BCUT2D eigenvalue weighted by Gasteiger charge is 2.16. The van der Waals surface area contributed by atoms with Crippen LogP contribution in [0.3, 0.4) is 0 Å². The number of phenolic OH excluding ortho intramolecular Hbond substituents is 1. The molecule has 0 saturated heterocycles. The highest BCUT2D eigenvalue weighted by Crippen LogP contribution is 2.30. The van der Waals surface area contributed by atoms with E-state index in [4.69, 9.17) is 32.4 Å². The van der Waals surface area contributed by atoms with E-state index in [9.17, 15) is 9.90 Å². The van der Waals surface area contributed by atoms with Crippen molar-refractivity contribution in [1.29, 1.82) is 0 Å². The molecular weight excluding hydrogens is 463 g/mol. The molecule has 0 aliphatic rings. The summed E-state index contributed by atoms with van der Waals surface area (Å²) in [6.45, 7) is 2.16. The number of halogens is 2. The smallest absolute Gasteiger partial charge is 0.259 e. The van der Waals surface area contributed by atoms with Gasteiger partial charge in [-0.1, -0.05) is 41.4 Å². The maximum Gasteiger partial charge on any atom is 0.259 e. The van der Waals surface area contributed by atoms with E-state index in [-0.39, 0.29) is 11.3 Å². The van der Waals surface area contributed by atoms with E-state index in [1.807, 2.05) is 37.3 Å². The molecule has 0 fully saturated rings. The van der Waals surface area contributed by atoms with Gasteiger partial charge in [0, 0.05) is 22.0 Å². The lowest BCUT2D eigenvalue weighted by atomic mass is 10.2. The third kappa shape index (κ3) is 5.48. The molecule has 6 nitrogen and oxygen atoms in total. The number of aryl methyl sites for hydroxylation is 1. The number of carbonyl (C=O) groups excluding carboxylic acids is 1. The molecule has 0 bridgehead atoms. The Hall–Kier alpha value is -3.48. The first-order valence-corrected chi connectivity index (χ1v) is 10.9. The summed E-state index contributed by atoms with van der Waals surface area (Å²) in [7, 11) is 0. The zero-order chi connectivity index (χ0) is 23.4. The number of anilines is 1. The lowest BCUT2D eigenvalue weighted by Crippen LogP contribution is -2.14. The summed E-state index contributed by atoms with van der Waals surface area (Å²) in [5.41, 5.74) is 2.10. The van der Waals surface area contributed by atoms with Crippen molar-refractivity contribution >= 4 is 34.8 Å². The second-order valence-electron chi connectivity index (χ2n) is 7.24. The number of phenols is 1. The molecule has 168 valence electrons. The summed E-state index contributed by atoms with van der Waals surface area (Å²) < 4.78 is 11.7. The van der Waals surface area contributed by atoms with Crippen LogP contribution in [-0.2, 0) is 6.42 Å². The number of ether oxygens (including phenoxy) is 1. The fraction of sp³-hybridized carbons (Fsp3) is 0.120. The molecule has 3 aromatic carbocycles. The molecule has 0 spiro atoms. The van der Waals surface area contributed by atoms with Crippen LogP contribution in [0, 0.1) is 6.92 Å². The van der Waals surface area contributed by atoms with E-state index >= 15 is 0 Å². The van der Waals surface area contributed by atoms with Gasteiger partial charge >= 0.3 is 0 Å². The van der Waals surface area contributed by atoms with Gasteiger partial charge in [-0.05, 0) is 55.5 Å². The van der Waals surface area contributed by atoms with Crippen LogP contribution in [0.1, 0.15) is 21.8 Å². The summed E-state index contributed by atoms with van der Waals surface area (Å²) in [5, 5.41) is 13.5. The summed E-state index contributed by atoms with van der Waals surface area (Å²) in [4.78, 5) is 17.3. The largest absolute Gasteiger partial charge is 0.507 e. The van der Waals surface area contributed by atoms with Crippen molar-refractivity contribution in [3.05, 3.63) is 93.8 Å². The number of hydrogen-bond acceptors (Lipinski definition) is 5. The van der Waals surface area contributed by atoms with Gasteiger partial charge in [0.15, 0.2) is 0 Å². The molecule has 0 radical (unpaired) electrons. The zero-order valence-corrected chi connectivity index (χ0v) is 19.2. The van der Waals surface area contributed by atoms with Crippen molar-refractivity contribution < 1.29 is 19.1 Å². The van der Waals surface area contributed by atoms with E-state index in [0.29, 0.717) is 40.4 Å². The Labute approximate surface area is 200 Å². The van der Waals surface area contributed by atoms with Crippen molar-refractivity contribution in [2.24, 2.45) is 0 Å². The van der Waals surface area contributed by atoms with Crippen molar-refractivity contribution in [3.8, 4) is 23.0 Å². The number of nitrogens with zero attached hydrogens (tertiary/aromatic N) is 1. The first-order chi connectivity index (χ1) is 15.9. The van der Waals surface area contributed by atoms with Gasteiger partial charge in [-0.25, -0.2) is 4.98 Å². The van der Waals surface area contributed by atoms with Crippen LogP contribution in [0.5, 0.6) is 11.5 Å². The molecule has 0 aliphatic heterocycles. The lowest BCUT2D eigenvalue weighted by molar-refractivity contribution is 0.102. The van der Waals surface area contributed by atoms with Crippen LogP contribution in [0.25, 0.3) is 11.5 Å². The zero-order valence-electron chi connectivity index (χ0n) is 17.6. The predicted molar refractivity (Wildman–Crippen MR) is 128 cm³/mol. The Bertz CT molecular complexity index is 1290. The Morgan fingerprint density at radius 2 is 1.79 bits per heavy atom. The van der Waals surface area contributed by atoms with Crippen LogP contribution in [-0.4, -0.2) is 22.6 Å². The van der Waals surface area contributed by atoms with Crippen LogP contribution < -0.4 is 10.1 Å². The molecule has 1 amide bonds. The summed E-state index contributed by atoms with van der Waals surface area (Å²) in [6, 6.07) is 18.8. The minimum atomic E-state index is -0.540. The molecule has 0 aliphatic carbocycles. The number of amides is 1. The molecule has 8 heteroatoms. The molecule has 33 heavy (non-hydrogen) atoms. The van der Waals surface area contributed by atoms with Crippen molar-refractivity contribution in [1.82, 2.24) is 4.98 Å². The van der Waals surface area contributed by atoms with Gasteiger partial charge in [-0.15, -0.1) is 0 Å². The van der Waals surface area contributed by atoms with Gasteiger partial charge < -0.3 is 19.6 Å². The van der Waals surface area contributed by atoms with Crippen molar-refractivity contribution in [3.63, 3.8) is 0 Å². The van der Waals surface area contributed by atoms with Crippen molar-refractivity contribution in [2.75, 3.05) is 11.9 Å². The molecule has 0 unspecified atom stereocenters. The molecule has 0 saturated carbocycles. The van der Waals surface area contributed by atoms with Gasteiger partial charge in [0.05, 0.1) is 23.6 Å². The monoisotopic (exact) mass is 482 g/mol. The van der Waals surface area contributed by atoms with Gasteiger partial charge in [0.2, 0.25) is 5.89 Å². The van der Waals surface area contributed by atoms with Gasteiger partial charge in [0.1, 0.15) is 17.3 Å². The first kappa shape index (κ1) is 22.7. The standard InChI is InChI=1S/C25H20Cl2N2O4/c1-15-20(29-25(33-15)16-5-3-2-4-6-16)11-12-32-23-10-8-18(27)14-21(23)28-24(31)19-13-17(26)7-9-22(19)30/h2-10,13-14,30H,11-12H2,1H3,(H,28,31). The number of benzene rings is 3. The molecule has 1 aromatic heterocycles. The maximum atomic E-state index is 12.7. The summed E-state index contributed by atoms with van der Waals surface area (Å²) in [6.07, 6.45) is 0.507. The van der Waals surface area contributed by atoms with Crippen LogP contribution >= 0.6 is 23.2 Å². The minimum absolute atomic E-state index is 0.0417. The SMILES string of the molecule is Cc1oc(-c2ccccc2)nc1CCOc1ccc(Cl)cc1NC(=O)c1cc(Cl)ccc1O. The number of carbonyl (C=O) groups is 1. The van der Waals surface area contributed by atoms with Crippen LogP contribution in [0.4, 0.5) is 5.69 Å². The number of rotatable bonds is 7. The van der Waals surface area contributed by atoms with Crippen molar-refractivity contribution in [2.45, 2.75) is 13.3 Å². The Morgan fingerprint density at radius 1 is 1.06 bits per heavy atom. The third-order valence-corrected chi connectivity index (χ3v) is 5.37. The molecular formula is C25H20Cl2N2O4. The topological polar surface area (TPSA) is 84.6 Å². The normalized spacial score (nSPS) is 10.8. The van der Waals surface area contributed by atoms with Gasteiger partial charge in [0.25, 0.3) is 5.91 Å². The van der Waals surface area contributed by atoms with E-state index in [2.05, 4.69) is 10.3 Å². The highest BCUT2D eigenvalue weighted by atomic mass is 35.5. The fourth-order valence-corrected chi connectivity index (χ4v) is 3.57. The average molecular weight is 483 g/mol. The average Bonchev–Trinajstić information content (AvgIpc) is 3.18. The molecule has 4 aromatic rings.